The zero-order chi connectivity index (χ0) is 23.7. The van der Waals surface area contributed by atoms with Crippen molar-refractivity contribution in [2.24, 2.45) is 5.92 Å². The summed E-state index contributed by atoms with van der Waals surface area (Å²) >= 11 is 6.55. The number of nitrogens with zero attached hydrogens (tertiary/aromatic N) is 3. The molecule has 3 aromatic heterocycles. The molecule has 2 N–H and O–H groups in total. The molecule has 174 valence electrons. The number of carboxylic acids is 1. The van der Waals surface area contributed by atoms with Crippen molar-refractivity contribution in [1.29, 1.82) is 0 Å². The molecular weight excluding hydrogens is 456 g/mol. The third-order valence-corrected chi connectivity index (χ3v) is 6.43. The number of aliphatic carboxylic acids is 1. The number of rotatable bonds is 6. The van der Waals surface area contributed by atoms with E-state index in [0.29, 0.717) is 59.5 Å². The van der Waals surface area contributed by atoms with Crippen molar-refractivity contribution in [2.45, 2.75) is 31.8 Å². The van der Waals surface area contributed by atoms with E-state index in [0.717, 1.165) is 16.7 Å². The van der Waals surface area contributed by atoms with Gasteiger partial charge in [-0.1, -0.05) is 35.9 Å². The van der Waals surface area contributed by atoms with E-state index in [1.165, 1.54) is 0 Å². The SMILES string of the molecule is COc1ncccc1-c1ccc(-c2nc3nc(OC4CCC(C(=O)O)CC4)[nH]c3cc2Cl)cc1. The van der Waals surface area contributed by atoms with E-state index in [2.05, 4.69) is 19.9 Å². The molecule has 1 aliphatic carbocycles. The zero-order valence-corrected chi connectivity index (χ0v) is 19.2. The summed E-state index contributed by atoms with van der Waals surface area (Å²) < 4.78 is 11.3. The van der Waals surface area contributed by atoms with Gasteiger partial charge in [-0.3, -0.25) is 4.79 Å². The second kappa shape index (κ2) is 9.30. The minimum absolute atomic E-state index is 0.0666. The lowest BCUT2D eigenvalue weighted by atomic mass is 9.87. The first kappa shape index (κ1) is 22.2. The number of benzene rings is 1. The molecule has 5 rings (SSSR count). The molecule has 34 heavy (non-hydrogen) atoms. The van der Waals surface area contributed by atoms with Crippen molar-refractivity contribution in [3.05, 3.63) is 53.7 Å². The predicted molar refractivity (Wildman–Crippen MR) is 128 cm³/mol. The van der Waals surface area contributed by atoms with Gasteiger partial charge < -0.3 is 19.6 Å². The van der Waals surface area contributed by atoms with E-state index in [1.807, 2.05) is 36.4 Å². The number of fused-ring (bicyclic) bond motifs is 1. The van der Waals surface area contributed by atoms with Gasteiger partial charge in [-0.05, 0) is 49.4 Å². The van der Waals surface area contributed by atoms with Crippen molar-refractivity contribution in [2.75, 3.05) is 7.11 Å². The standard InChI is InChI=1S/C25H23ClN4O4/c1-33-23-18(3-2-12-27-23)14-4-6-15(7-5-14)21-19(26)13-20-22(29-21)30-25(28-20)34-17-10-8-16(9-11-17)24(31)32/h2-7,12-13,16-17H,8-11H2,1H3,(H,31,32)(H,28,29,30). The van der Waals surface area contributed by atoms with Gasteiger partial charge in [-0.2, -0.15) is 4.98 Å². The number of H-pyrrole nitrogens is 1. The normalized spacial score (nSPS) is 18.1. The molecule has 1 fully saturated rings. The molecule has 9 heteroatoms. The van der Waals surface area contributed by atoms with E-state index in [9.17, 15) is 4.79 Å². The number of ether oxygens (including phenoxy) is 2. The molecule has 0 aliphatic heterocycles. The van der Waals surface area contributed by atoms with Crippen LogP contribution in [0.15, 0.2) is 48.7 Å². The van der Waals surface area contributed by atoms with Crippen molar-refractivity contribution in [1.82, 2.24) is 19.9 Å². The molecule has 1 saturated carbocycles. The zero-order valence-electron chi connectivity index (χ0n) is 18.5. The van der Waals surface area contributed by atoms with Gasteiger partial charge >= 0.3 is 5.97 Å². The minimum Gasteiger partial charge on any atom is -0.481 e. The van der Waals surface area contributed by atoms with E-state index < -0.39 is 5.97 Å². The maximum absolute atomic E-state index is 11.1. The topological polar surface area (TPSA) is 110 Å². The quantitative estimate of drug-likeness (QED) is 0.383. The molecule has 4 aromatic rings. The molecule has 0 amide bonds. The van der Waals surface area contributed by atoms with Crippen LogP contribution in [0, 0.1) is 5.92 Å². The molecule has 0 bridgehead atoms. The summed E-state index contributed by atoms with van der Waals surface area (Å²) in [5.41, 5.74) is 4.54. The van der Waals surface area contributed by atoms with Crippen LogP contribution in [0.5, 0.6) is 11.9 Å². The maximum Gasteiger partial charge on any atom is 0.306 e. The van der Waals surface area contributed by atoms with Crippen LogP contribution in [0.3, 0.4) is 0 Å². The first-order valence-corrected chi connectivity index (χ1v) is 11.4. The Kier molecular flexibility index (Phi) is 6.06. The van der Waals surface area contributed by atoms with Crippen LogP contribution in [0.2, 0.25) is 5.02 Å². The van der Waals surface area contributed by atoms with Crippen LogP contribution in [0.4, 0.5) is 0 Å². The van der Waals surface area contributed by atoms with Gasteiger partial charge in [-0.25, -0.2) is 9.97 Å². The molecule has 0 spiro atoms. The molecule has 1 aromatic carbocycles. The molecule has 1 aliphatic rings. The Morgan fingerprint density at radius 1 is 1.09 bits per heavy atom. The van der Waals surface area contributed by atoms with Crippen molar-refractivity contribution < 1.29 is 19.4 Å². The van der Waals surface area contributed by atoms with E-state index in [-0.39, 0.29) is 12.0 Å². The number of nitrogens with one attached hydrogen (secondary N) is 1. The monoisotopic (exact) mass is 478 g/mol. The van der Waals surface area contributed by atoms with Gasteiger partial charge in [-0.15, -0.1) is 0 Å². The molecule has 0 atom stereocenters. The Balaban J connectivity index is 1.36. The van der Waals surface area contributed by atoms with Crippen molar-refractivity contribution in [3.63, 3.8) is 0 Å². The average Bonchev–Trinajstić information content (AvgIpc) is 3.24. The molecule has 3 heterocycles. The molecule has 0 saturated heterocycles. The lowest BCUT2D eigenvalue weighted by molar-refractivity contribution is -0.143. The van der Waals surface area contributed by atoms with E-state index in [4.69, 9.17) is 26.2 Å². The third kappa shape index (κ3) is 4.41. The lowest BCUT2D eigenvalue weighted by Crippen LogP contribution is -2.28. The smallest absolute Gasteiger partial charge is 0.306 e. The lowest BCUT2D eigenvalue weighted by Gasteiger charge is -2.25. The van der Waals surface area contributed by atoms with Crippen molar-refractivity contribution >= 4 is 28.7 Å². The highest BCUT2D eigenvalue weighted by Crippen LogP contribution is 2.33. The van der Waals surface area contributed by atoms with Crippen LogP contribution >= 0.6 is 11.6 Å². The Labute approximate surface area is 200 Å². The number of carboxylic acid groups (broad SMARTS) is 1. The highest BCUT2D eigenvalue weighted by molar-refractivity contribution is 6.33. The van der Waals surface area contributed by atoms with Crippen LogP contribution in [-0.4, -0.2) is 44.2 Å². The van der Waals surface area contributed by atoms with E-state index in [1.54, 1.807) is 19.4 Å². The Morgan fingerprint density at radius 2 is 1.82 bits per heavy atom. The average molecular weight is 479 g/mol. The number of aromatic amines is 1. The second-order valence-electron chi connectivity index (χ2n) is 8.30. The van der Waals surface area contributed by atoms with Gasteiger partial charge in [0, 0.05) is 17.3 Å². The second-order valence-corrected chi connectivity index (χ2v) is 8.71. The number of methoxy groups -OCH3 is 1. The summed E-state index contributed by atoms with van der Waals surface area (Å²) in [6.07, 6.45) is 4.20. The van der Waals surface area contributed by atoms with Crippen LogP contribution in [-0.2, 0) is 4.79 Å². The first-order valence-electron chi connectivity index (χ1n) is 11.1. The van der Waals surface area contributed by atoms with Crippen molar-refractivity contribution in [3.8, 4) is 34.3 Å². The minimum atomic E-state index is -0.735. The van der Waals surface area contributed by atoms with Gasteiger partial charge in [0.05, 0.1) is 29.3 Å². The maximum atomic E-state index is 11.1. The van der Waals surface area contributed by atoms with Gasteiger partial charge in [0.15, 0.2) is 5.65 Å². The van der Waals surface area contributed by atoms with Crippen LogP contribution in [0.25, 0.3) is 33.5 Å². The number of hydrogen-bond acceptors (Lipinski definition) is 6. The number of halogens is 1. The predicted octanol–water partition coefficient (Wildman–Crippen LogP) is 5.37. The van der Waals surface area contributed by atoms with Crippen LogP contribution < -0.4 is 9.47 Å². The highest BCUT2D eigenvalue weighted by Gasteiger charge is 2.27. The van der Waals surface area contributed by atoms with Gasteiger partial charge in [0.2, 0.25) is 5.88 Å². The Morgan fingerprint density at radius 3 is 2.53 bits per heavy atom. The third-order valence-electron chi connectivity index (χ3n) is 6.14. The summed E-state index contributed by atoms with van der Waals surface area (Å²) in [6, 6.07) is 13.8. The van der Waals surface area contributed by atoms with Gasteiger partial charge in [0.1, 0.15) is 6.10 Å². The van der Waals surface area contributed by atoms with Crippen LogP contribution in [0.1, 0.15) is 25.7 Å². The molecule has 0 unspecified atom stereocenters. The fourth-order valence-corrected chi connectivity index (χ4v) is 4.58. The number of aromatic nitrogens is 4. The number of pyridine rings is 2. The number of hydrogen-bond donors (Lipinski definition) is 2. The summed E-state index contributed by atoms with van der Waals surface area (Å²) in [5.74, 6) is -0.460. The molecule has 8 nitrogen and oxygen atoms in total. The molecular formula is C25H23ClN4O4. The highest BCUT2D eigenvalue weighted by atomic mass is 35.5. The van der Waals surface area contributed by atoms with Gasteiger partial charge in [0.25, 0.3) is 6.01 Å². The number of imidazole rings is 1. The fourth-order valence-electron chi connectivity index (χ4n) is 4.32. The fraction of sp³-hybridized carbons (Fsp3) is 0.280. The summed E-state index contributed by atoms with van der Waals surface area (Å²) in [6.45, 7) is 0. The summed E-state index contributed by atoms with van der Waals surface area (Å²) in [5, 5.41) is 9.66. The first-order chi connectivity index (χ1) is 16.5. The summed E-state index contributed by atoms with van der Waals surface area (Å²) in [4.78, 5) is 27.7. The Hall–Kier alpha value is -3.65. The summed E-state index contributed by atoms with van der Waals surface area (Å²) in [7, 11) is 1.60. The Bertz CT molecular complexity index is 1330. The van der Waals surface area contributed by atoms with E-state index >= 15 is 0 Å². The number of carbonyl (C=O) groups is 1. The molecule has 0 radical (unpaired) electrons. The largest absolute Gasteiger partial charge is 0.481 e.